The fourth-order valence-electron chi connectivity index (χ4n) is 1.47. The Balaban J connectivity index is 2.37. The molecule has 0 fully saturated rings. The van der Waals surface area contributed by atoms with E-state index in [0.717, 1.165) is 0 Å². The van der Waals surface area contributed by atoms with Crippen molar-refractivity contribution in [3.05, 3.63) is 52.0 Å². The van der Waals surface area contributed by atoms with Crippen LogP contribution in [0.5, 0.6) is 0 Å². The lowest BCUT2D eigenvalue weighted by Crippen LogP contribution is -2.14. The third-order valence-electron chi connectivity index (χ3n) is 2.36. The summed E-state index contributed by atoms with van der Waals surface area (Å²) < 4.78 is 27.5. The molecule has 0 bridgehead atoms. The lowest BCUT2D eigenvalue weighted by molar-refractivity contribution is 0.601. The van der Waals surface area contributed by atoms with Crippen LogP contribution in [0.25, 0.3) is 0 Å². The molecular weight excluding hydrogens is 352 g/mol. The monoisotopic (exact) mass is 360 g/mol. The van der Waals surface area contributed by atoms with Crippen LogP contribution in [0.2, 0.25) is 5.02 Å². The van der Waals surface area contributed by atoms with Crippen LogP contribution in [0.3, 0.4) is 0 Å². The fraction of sp³-hybridized carbons (Fsp3) is 0. The second-order valence-electron chi connectivity index (χ2n) is 3.79. The van der Waals surface area contributed by atoms with Crippen molar-refractivity contribution < 1.29 is 8.42 Å². The van der Waals surface area contributed by atoms with Crippen LogP contribution in [-0.2, 0) is 10.0 Å². The van der Waals surface area contributed by atoms with E-state index in [9.17, 15) is 8.42 Å². The minimum atomic E-state index is -3.73. The van der Waals surface area contributed by atoms with Gasteiger partial charge < -0.3 is 5.73 Å². The van der Waals surface area contributed by atoms with Gasteiger partial charge in [-0.15, -0.1) is 0 Å². The number of nitrogens with one attached hydrogen (secondary N) is 1. The first-order valence-electron chi connectivity index (χ1n) is 5.22. The lowest BCUT2D eigenvalue weighted by atomic mass is 10.3. The van der Waals surface area contributed by atoms with Gasteiger partial charge in [-0.1, -0.05) is 27.5 Å². The van der Waals surface area contributed by atoms with E-state index in [2.05, 4.69) is 20.7 Å². The SMILES string of the molecule is Nc1ccc(Br)cc1S(=O)(=O)Nc1ccc(Cl)cc1. The Kier molecular flexibility index (Phi) is 4.03. The Labute approximate surface area is 124 Å². The first-order valence-corrected chi connectivity index (χ1v) is 7.87. The van der Waals surface area contributed by atoms with E-state index in [-0.39, 0.29) is 10.6 Å². The highest BCUT2D eigenvalue weighted by Gasteiger charge is 2.17. The predicted molar refractivity (Wildman–Crippen MR) is 80.8 cm³/mol. The molecule has 0 saturated carbocycles. The van der Waals surface area contributed by atoms with Crippen molar-refractivity contribution in [1.82, 2.24) is 0 Å². The van der Waals surface area contributed by atoms with Crippen LogP contribution in [0, 0.1) is 0 Å². The molecule has 0 atom stereocenters. The molecule has 0 unspecified atom stereocenters. The summed E-state index contributed by atoms with van der Waals surface area (Å²) in [5, 5.41) is 0.532. The van der Waals surface area contributed by atoms with Gasteiger partial charge in [0.1, 0.15) is 4.90 Å². The van der Waals surface area contributed by atoms with Gasteiger partial charge in [0.2, 0.25) is 0 Å². The quantitative estimate of drug-likeness (QED) is 0.822. The molecule has 0 aliphatic rings. The summed E-state index contributed by atoms with van der Waals surface area (Å²) in [7, 11) is -3.73. The van der Waals surface area contributed by atoms with Gasteiger partial charge in [0.15, 0.2) is 0 Å². The first-order chi connectivity index (χ1) is 8.88. The standard InChI is InChI=1S/C12H10BrClN2O2S/c13-8-1-6-11(15)12(7-8)19(17,18)16-10-4-2-9(14)3-5-10/h1-7,16H,15H2. The molecule has 0 spiro atoms. The average molecular weight is 362 g/mol. The van der Waals surface area contributed by atoms with E-state index in [1.54, 1.807) is 30.3 Å². The predicted octanol–water partition coefficient (Wildman–Crippen LogP) is 3.49. The average Bonchev–Trinajstić information content (AvgIpc) is 2.35. The van der Waals surface area contributed by atoms with Crippen LogP contribution in [0.4, 0.5) is 11.4 Å². The molecule has 0 aliphatic carbocycles. The first kappa shape index (κ1) is 14.2. The van der Waals surface area contributed by atoms with Crippen molar-refractivity contribution in [2.24, 2.45) is 0 Å². The molecule has 0 saturated heterocycles. The summed E-state index contributed by atoms with van der Waals surface area (Å²) >= 11 is 8.96. The Bertz CT molecular complexity index is 702. The molecule has 0 aliphatic heterocycles. The third kappa shape index (κ3) is 3.40. The second-order valence-corrected chi connectivity index (χ2v) is 6.80. The smallest absolute Gasteiger partial charge is 0.263 e. The number of sulfonamides is 1. The molecular formula is C12H10BrClN2O2S. The largest absolute Gasteiger partial charge is 0.398 e. The molecule has 19 heavy (non-hydrogen) atoms. The number of nitrogens with two attached hydrogens (primary N) is 1. The van der Waals surface area contributed by atoms with E-state index in [4.69, 9.17) is 17.3 Å². The maximum Gasteiger partial charge on any atom is 0.263 e. The van der Waals surface area contributed by atoms with Gasteiger partial charge in [0, 0.05) is 15.2 Å². The maximum absolute atomic E-state index is 12.2. The normalized spacial score (nSPS) is 11.3. The number of hydrogen-bond acceptors (Lipinski definition) is 3. The van der Waals surface area contributed by atoms with Crippen LogP contribution in [0.15, 0.2) is 51.8 Å². The van der Waals surface area contributed by atoms with Crippen LogP contribution in [-0.4, -0.2) is 8.42 Å². The minimum absolute atomic E-state index is 0.0248. The zero-order valence-electron chi connectivity index (χ0n) is 9.60. The van der Waals surface area contributed by atoms with E-state index in [1.165, 1.54) is 12.1 Å². The topological polar surface area (TPSA) is 72.2 Å². The fourth-order valence-corrected chi connectivity index (χ4v) is 3.32. The van der Waals surface area contributed by atoms with E-state index in [0.29, 0.717) is 15.2 Å². The molecule has 0 radical (unpaired) electrons. The zero-order chi connectivity index (χ0) is 14.0. The number of hydrogen-bond donors (Lipinski definition) is 2. The van der Waals surface area contributed by atoms with E-state index in [1.807, 2.05) is 0 Å². The molecule has 7 heteroatoms. The van der Waals surface area contributed by atoms with Gasteiger partial charge in [-0.3, -0.25) is 4.72 Å². The maximum atomic E-state index is 12.2. The lowest BCUT2D eigenvalue weighted by Gasteiger charge is -2.10. The molecule has 3 N–H and O–H groups in total. The summed E-state index contributed by atoms with van der Waals surface area (Å²) in [6.07, 6.45) is 0. The highest BCUT2D eigenvalue weighted by molar-refractivity contribution is 9.10. The van der Waals surface area contributed by atoms with Gasteiger partial charge in [-0.2, -0.15) is 0 Å². The van der Waals surface area contributed by atoms with Crippen LogP contribution < -0.4 is 10.5 Å². The molecule has 2 aromatic rings. The van der Waals surface area contributed by atoms with Gasteiger partial charge in [-0.05, 0) is 42.5 Å². The van der Waals surface area contributed by atoms with Crippen molar-refractivity contribution in [1.29, 1.82) is 0 Å². The second kappa shape index (κ2) is 5.40. The summed E-state index contributed by atoms with van der Waals surface area (Å²) in [6.45, 7) is 0. The number of nitrogen functional groups attached to an aromatic ring is 1. The summed E-state index contributed by atoms with van der Waals surface area (Å²) in [4.78, 5) is 0.0248. The highest BCUT2D eigenvalue weighted by Crippen LogP contribution is 2.25. The van der Waals surface area contributed by atoms with Crippen molar-refractivity contribution in [3.8, 4) is 0 Å². The molecule has 0 aromatic heterocycles. The van der Waals surface area contributed by atoms with Crippen molar-refractivity contribution in [3.63, 3.8) is 0 Å². The molecule has 2 rings (SSSR count). The summed E-state index contributed by atoms with van der Waals surface area (Å²) in [5.74, 6) is 0. The Hall–Kier alpha value is -1.24. The summed E-state index contributed by atoms with van der Waals surface area (Å²) in [6, 6.07) is 11.0. The van der Waals surface area contributed by atoms with Crippen molar-refractivity contribution in [2.45, 2.75) is 4.90 Å². The zero-order valence-corrected chi connectivity index (χ0v) is 12.8. The van der Waals surface area contributed by atoms with E-state index >= 15 is 0 Å². The van der Waals surface area contributed by atoms with Gasteiger partial charge in [0.05, 0.1) is 5.69 Å². The molecule has 0 amide bonds. The Morgan fingerprint density at radius 2 is 1.74 bits per heavy atom. The minimum Gasteiger partial charge on any atom is -0.398 e. The molecule has 0 heterocycles. The number of anilines is 2. The Morgan fingerprint density at radius 3 is 2.37 bits per heavy atom. The summed E-state index contributed by atoms with van der Waals surface area (Å²) in [5.41, 5.74) is 6.30. The van der Waals surface area contributed by atoms with Gasteiger partial charge in [0.25, 0.3) is 10.0 Å². The van der Waals surface area contributed by atoms with E-state index < -0.39 is 10.0 Å². The molecule has 4 nitrogen and oxygen atoms in total. The van der Waals surface area contributed by atoms with Crippen LogP contribution >= 0.6 is 27.5 Å². The van der Waals surface area contributed by atoms with Crippen LogP contribution in [0.1, 0.15) is 0 Å². The number of halogens is 2. The Morgan fingerprint density at radius 1 is 1.11 bits per heavy atom. The van der Waals surface area contributed by atoms with Gasteiger partial charge >= 0.3 is 0 Å². The number of rotatable bonds is 3. The highest BCUT2D eigenvalue weighted by atomic mass is 79.9. The molecule has 2 aromatic carbocycles. The molecule has 100 valence electrons. The van der Waals surface area contributed by atoms with Gasteiger partial charge in [-0.25, -0.2) is 8.42 Å². The third-order valence-corrected chi connectivity index (χ3v) is 4.54. The van der Waals surface area contributed by atoms with Crippen molar-refractivity contribution >= 4 is 48.9 Å². The number of benzene rings is 2. The van der Waals surface area contributed by atoms with Crippen molar-refractivity contribution in [2.75, 3.05) is 10.5 Å².